The van der Waals surface area contributed by atoms with Crippen LogP contribution in [0, 0.1) is 0 Å². The Bertz CT molecular complexity index is 2820. The number of piperidine rings is 1. The number of hydrogen-bond donors (Lipinski definition) is 3. The van der Waals surface area contributed by atoms with Gasteiger partial charge in [-0.25, -0.2) is 18.6 Å². The Labute approximate surface area is 424 Å². The lowest BCUT2D eigenvalue weighted by Crippen LogP contribution is -2.62. The summed E-state index contributed by atoms with van der Waals surface area (Å²) in [6.07, 6.45) is 11.3. The molecule has 4 saturated heterocycles. The number of fused-ring (bicyclic) bond motifs is 2. The number of ether oxygens (including phenoxy) is 1. The average molecular weight is 979 g/mol. The summed E-state index contributed by atoms with van der Waals surface area (Å²) in [6, 6.07) is 26.5. The summed E-state index contributed by atoms with van der Waals surface area (Å²) in [5.74, 6) is 0. The lowest BCUT2D eigenvalue weighted by molar-refractivity contribution is -0.141. The van der Waals surface area contributed by atoms with Gasteiger partial charge in [-0.15, -0.1) is 0 Å². The van der Waals surface area contributed by atoms with Crippen LogP contribution in [0.25, 0.3) is 33.3 Å². The number of carbonyl (C=O) groups excluding carboxylic acids is 2. The molecule has 4 aliphatic rings. The highest BCUT2D eigenvalue weighted by Gasteiger charge is 2.45. The zero-order valence-electron chi connectivity index (χ0n) is 43.1. The summed E-state index contributed by atoms with van der Waals surface area (Å²) < 4.78 is 9.95. The first kappa shape index (κ1) is 49.4. The number of anilines is 2. The zero-order chi connectivity index (χ0) is 50.1. The van der Waals surface area contributed by atoms with E-state index in [4.69, 9.17) is 4.74 Å². The summed E-state index contributed by atoms with van der Waals surface area (Å²) in [7, 11) is 1.82. The van der Waals surface area contributed by atoms with Crippen LogP contribution in [0.5, 0.6) is 0 Å². The van der Waals surface area contributed by atoms with Crippen molar-refractivity contribution in [3.63, 3.8) is 0 Å². The van der Waals surface area contributed by atoms with Gasteiger partial charge in [0, 0.05) is 140 Å². The monoisotopic (exact) mass is 979 g/mol. The van der Waals surface area contributed by atoms with E-state index >= 15 is 0 Å². The molecule has 8 heterocycles. The minimum Gasteiger partial charge on any atom is -0.384 e. The van der Waals surface area contributed by atoms with E-state index < -0.39 is 5.60 Å². The van der Waals surface area contributed by atoms with Crippen molar-refractivity contribution < 1.29 is 19.4 Å². The third kappa shape index (κ3) is 9.98. The molecule has 2 unspecified atom stereocenters. The van der Waals surface area contributed by atoms with Gasteiger partial charge in [-0.1, -0.05) is 48.5 Å². The van der Waals surface area contributed by atoms with E-state index in [1.54, 1.807) is 0 Å². The molecular weight excluding hydrogens is 905 g/mol. The summed E-state index contributed by atoms with van der Waals surface area (Å²) in [5.41, 5.74) is 9.68. The van der Waals surface area contributed by atoms with Gasteiger partial charge in [-0.3, -0.25) is 9.80 Å². The van der Waals surface area contributed by atoms with Crippen LogP contribution >= 0.6 is 0 Å². The number of methoxy groups -OCH3 is 1. The molecule has 4 fully saturated rings. The molecule has 6 aromatic rings. The summed E-state index contributed by atoms with van der Waals surface area (Å²) >= 11 is 0. The van der Waals surface area contributed by atoms with Crippen LogP contribution in [-0.4, -0.2) is 166 Å². The molecule has 382 valence electrons. The molecule has 72 heavy (non-hydrogen) atoms. The highest BCUT2D eigenvalue weighted by atomic mass is 16.5. The second-order valence-electron chi connectivity index (χ2n) is 21.1. The molecule has 0 saturated carbocycles. The van der Waals surface area contributed by atoms with Crippen molar-refractivity contribution in [3.8, 4) is 22.3 Å². The Morgan fingerprint density at radius 2 is 1.18 bits per heavy atom. The molecule has 3 N–H and O–H groups in total. The Morgan fingerprint density at radius 1 is 0.653 bits per heavy atom. The highest BCUT2D eigenvalue weighted by Crippen LogP contribution is 2.39. The average Bonchev–Trinajstić information content (AvgIpc) is 4.04. The van der Waals surface area contributed by atoms with E-state index in [2.05, 4.69) is 153 Å². The Hall–Kier alpha value is -6.20. The maximum atomic E-state index is 13.6. The molecule has 16 heteroatoms. The highest BCUT2D eigenvalue weighted by molar-refractivity contribution is 5.82. The number of rotatable bonds is 14. The number of likely N-dealkylation sites (tertiary alicyclic amines) is 2. The number of aliphatic hydroxyl groups is 1. The van der Waals surface area contributed by atoms with E-state index in [0.29, 0.717) is 51.7 Å². The number of piperazine rings is 2. The number of carbonyl (C=O) groups is 2. The number of urea groups is 2. The summed E-state index contributed by atoms with van der Waals surface area (Å²) in [6.45, 7) is 20.3. The van der Waals surface area contributed by atoms with Gasteiger partial charge < -0.3 is 40.1 Å². The summed E-state index contributed by atoms with van der Waals surface area (Å²) in [5, 5.41) is 27.6. The molecule has 10 rings (SSSR count). The first-order valence-corrected chi connectivity index (χ1v) is 26.3. The van der Waals surface area contributed by atoms with Crippen LogP contribution in [0.4, 0.5) is 21.0 Å². The number of β-amino-alcohol motifs (C(OH)–C–C–N with tert-alkyl or cyclic N) is 1. The predicted octanol–water partition coefficient (Wildman–Crippen LogP) is 7.11. The van der Waals surface area contributed by atoms with Crippen molar-refractivity contribution in [3.05, 3.63) is 109 Å². The van der Waals surface area contributed by atoms with Gasteiger partial charge in [0.2, 0.25) is 0 Å². The van der Waals surface area contributed by atoms with Crippen LogP contribution in [-0.2, 0) is 15.9 Å². The number of nitrogens with one attached hydrogen (secondary N) is 2. The maximum absolute atomic E-state index is 13.6. The minimum atomic E-state index is -0.943. The largest absolute Gasteiger partial charge is 0.384 e. The van der Waals surface area contributed by atoms with Crippen molar-refractivity contribution in [1.29, 1.82) is 0 Å². The van der Waals surface area contributed by atoms with Gasteiger partial charge in [-0.05, 0) is 113 Å². The Kier molecular flexibility index (Phi) is 14.2. The number of aromatic nitrogens is 4. The minimum absolute atomic E-state index is 0.00203. The molecule has 0 spiro atoms. The van der Waals surface area contributed by atoms with Crippen molar-refractivity contribution >= 4 is 34.5 Å². The first-order chi connectivity index (χ1) is 34.8. The first-order valence-electron chi connectivity index (χ1n) is 26.3. The zero-order valence-corrected chi connectivity index (χ0v) is 43.1. The van der Waals surface area contributed by atoms with Crippen molar-refractivity contribution in [2.45, 2.75) is 89.6 Å². The molecular formula is C56H74N12O4. The van der Waals surface area contributed by atoms with E-state index in [1.807, 2.05) is 45.3 Å². The molecule has 4 aliphatic heterocycles. The Morgan fingerprint density at radius 3 is 1.69 bits per heavy atom. The van der Waals surface area contributed by atoms with Gasteiger partial charge in [0.05, 0.1) is 22.4 Å². The van der Waals surface area contributed by atoms with Crippen molar-refractivity contribution in [2.24, 2.45) is 0 Å². The van der Waals surface area contributed by atoms with Gasteiger partial charge in [0.25, 0.3) is 0 Å². The van der Waals surface area contributed by atoms with Gasteiger partial charge >= 0.3 is 12.1 Å². The van der Waals surface area contributed by atoms with Crippen LogP contribution in [0.15, 0.2) is 97.6 Å². The quantitative estimate of drug-likeness (QED) is 0.104. The van der Waals surface area contributed by atoms with Gasteiger partial charge in [0.15, 0.2) is 0 Å². The maximum Gasteiger partial charge on any atom is 0.317 e. The fraction of sp³-hybridized carbons (Fsp3) is 0.500. The molecule has 3 atom stereocenters. The SMILES string of the molecule is CCNC(=O)N1CCN(c2ccnn3cc(-c4ccc([C@@]5(O)CCCN(C(C)CCC(C)NC(=O)N6CCN(c7ccnn8cc(-c9ccc(C%10(OC)CN(C(C)C)C%10)cc9)cc78)CC6)C5)cc4)cc23)CC1. The smallest absolute Gasteiger partial charge is 0.317 e. The number of benzene rings is 2. The van der Waals surface area contributed by atoms with E-state index in [0.717, 1.165) is 115 Å². The molecule has 2 aromatic carbocycles. The van der Waals surface area contributed by atoms with E-state index in [9.17, 15) is 14.7 Å². The molecule has 0 aliphatic carbocycles. The standard InChI is InChI=1S/C56H74N12O4/c1-7-57-53(69)63-29-25-61(26-30-63)49-19-22-58-67-35-45(33-51(49)67)43-11-15-47(16-12-43)55(71)21-8-24-65(37-55)42(5)10-9-41(4)60-54(70)64-31-27-62(28-32-64)50-20-23-59-68-36-46(34-52(50)68)44-13-17-48(18-14-44)56(72-6)38-66(39-56)40(2)3/h11-20,22-23,33-36,40-42,71H,7-10,21,24-32,37-39H2,1-6H3,(H,57,69)(H,60,70)/t41?,42?,55-/m1/s1. The van der Waals surface area contributed by atoms with Crippen molar-refractivity contribution in [2.75, 3.05) is 102 Å². The lowest BCUT2D eigenvalue weighted by Gasteiger charge is -2.51. The van der Waals surface area contributed by atoms with Crippen molar-refractivity contribution in [1.82, 2.24) is 49.5 Å². The fourth-order valence-corrected chi connectivity index (χ4v) is 11.5. The van der Waals surface area contributed by atoms with Crippen LogP contribution in [0.2, 0.25) is 0 Å². The molecule has 16 nitrogen and oxygen atoms in total. The Balaban J connectivity index is 0.691. The molecule has 4 amide bonds. The number of amides is 4. The van der Waals surface area contributed by atoms with E-state index in [1.165, 1.54) is 5.56 Å². The number of nitrogens with zero attached hydrogens (tertiary/aromatic N) is 10. The topological polar surface area (TPSA) is 142 Å². The third-order valence-electron chi connectivity index (χ3n) is 16.2. The molecule has 4 aromatic heterocycles. The third-order valence-corrected chi connectivity index (χ3v) is 16.2. The van der Waals surface area contributed by atoms with Crippen LogP contribution < -0.4 is 20.4 Å². The number of hydrogen-bond acceptors (Lipinski definition) is 10. The molecule has 0 radical (unpaired) electrons. The second kappa shape index (κ2) is 20.7. The fourth-order valence-electron chi connectivity index (χ4n) is 11.5. The van der Waals surface area contributed by atoms with Gasteiger partial charge in [-0.2, -0.15) is 10.2 Å². The lowest BCUT2D eigenvalue weighted by atomic mass is 9.84. The summed E-state index contributed by atoms with van der Waals surface area (Å²) in [4.78, 5) is 39.3. The van der Waals surface area contributed by atoms with Gasteiger partial charge in [0.1, 0.15) is 11.2 Å². The predicted molar refractivity (Wildman–Crippen MR) is 285 cm³/mol. The second-order valence-corrected chi connectivity index (χ2v) is 21.1. The van der Waals surface area contributed by atoms with Crippen LogP contribution in [0.1, 0.15) is 71.4 Å². The van der Waals surface area contributed by atoms with Crippen LogP contribution in [0.3, 0.4) is 0 Å². The normalized spacial score (nSPS) is 20.8. The molecule has 0 bridgehead atoms. The van der Waals surface area contributed by atoms with E-state index in [-0.39, 0.29) is 29.7 Å².